The number of nitrogens with zero attached hydrogens (tertiary/aromatic N) is 2. The Balaban J connectivity index is 1.53. The Morgan fingerprint density at radius 3 is 2.42 bits per heavy atom. The van der Waals surface area contributed by atoms with Gasteiger partial charge in [0.25, 0.3) is 5.56 Å². The third-order valence-electron chi connectivity index (χ3n) is 8.01. The fourth-order valence-electron chi connectivity index (χ4n) is 5.82. The lowest BCUT2D eigenvalue weighted by Gasteiger charge is -2.25. The van der Waals surface area contributed by atoms with Crippen molar-refractivity contribution in [2.45, 2.75) is 32.9 Å². The van der Waals surface area contributed by atoms with Crippen molar-refractivity contribution in [3.63, 3.8) is 0 Å². The molecule has 6 rings (SSSR count). The first-order valence-electron chi connectivity index (χ1n) is 16.1. The van der Waals surface area contributed by atoms with Gasteiger partial charge in [-0.05, 0) is 67.8 Å². The number of thiazole rings is 1. The predicted octanol–water partition coefficient (Wildman–Crippen LogP) is 7.43. The molecule has 0 saturated carbocycles. The highest BCUT2D eigenvalue weighted by Crippen LogP contribution is 2.37. The zero-order valence-corrected chi connectivity index (χ0v) is 29.1. The van der Waals surface area contributed by atoms with Gasteiger partial charge in [0.05, 0.1) is 35.1 Å². The fourth-order valence-corrected chi connectivity index (χ4v) is 7.01. The molecule has 0 unspecified atom stereocenters. The second-order valence-corrected chi connectivity index (χ2v) is 12.7. The fraction of sp³-hybridized carbons (Fsp3) is 0.175. The van der Waals surface area contributed by atoms with Gasteiger partial charge in [0.15, 0.2) is 16.3 Å². The van der Waals surface area contributed by atoms with E-state index in [1.807, 2.05) is 73.7 Å². The molecule has 1 aliphatic rings. The first-order chi connectivity index (χ1) is 24.3. The molecule has 0 aliphatic carbocycles. The van der Waals surface area contributed by atoms with E-state index in [2.05, 4.69) is 6.58 Å². The van der Waals surface area contributed by atoms with E-state index in [1.165, 1.54) is 28.0 Å². The second-order valence-electron chi connectivity index (χ2n) is 11.3. The second kappa shape index (κ2) is 15.5. The predicted molar refractivity (Wildman–Crippen MR) is 195 cm³/mol. The molecule has 0 radical (unpaired) electrons. The molecule has 2 heterocycles. The van der Waals surface area contributed by atoms with E-state index in [4.69, 9.17) is 30.8 Å². The number of ether oxygens (including phenoxy) is 3. The van der Waals surface area contributed by atoms with Crippen molar-refractivity contribution >= 4 is 40.7 Å². The Morgan fingerprint density at radius 1 is 0.980 bits per heavy atom. The van der Waals surface area contributed by atoms with Gasteiger partial charge in [-0.15, -0.1) is 6.58 Å². The summed E-state index contributed by atoms with van der Waals surface area (Å²) in [7, 11) is 0. The van der Waals surface area contributed by atoms with Gasteiger partial charge in [0, 0.05) is 21.7 Å². The molecule has 0 N–H and O–H groups in total. The SMILES string of the molecule is C=CCc1cc(/C=c2/sc3n(c2=O)[C@@H](c2ccc(F)cc2)C(C(=O)OCC)=C(c2ccccc2)N=3)cc(OCC)c1OCc1ccccc1Cl. The lowest BCUT2D eigenvalue weighted by molar-refractivity contribution is -0.138. The van der Waals surface area contributed by atoms with Crippen LogP contribution < -0.4 is 24.4 Å². The van der Waals surface area contributed by atoms with Gasteiger partial charge < -0.3 is 14.2 Å². The third-order valence-corrected chi connectivity index (χ3v) is 9.36. The molecule has 0 saturated heterocycles. The van der Waals surface area contributed by atoms with E-state index < -0.39 is 17.8 Å². The topological polar surface area (TPSA) is 79.1 Å². The van der Waals surface area contributed by atoms with E-state index in [-0.39, 0.29) is 24.3 Å². The average molecular weight is 709 g/mol. The summed E-state index contributed by atoms with van der Waals surface area (Å²) >= 11 is 7.59. The minimum atomic E-state index is -0.917. The molecule has 50 heavy (non-hydrogen) atoms. The van der Waals surface area contributed by atoms with E-state index in [1.54, 1.807) is 31.2 Å². The Hall–Kier alpha value is -5.25. The molecule has 4 aromatic carbocycles. The quantitative estimate of drug-likeness (QED) is 0.0995. The van der Waals surface area contributed by atoms with Crippen molar-refractivity contribution in [3.8, 4) is 11.5 Å². The molecule has 0 fully saturated rings. The maximum absolute atomic E-state index is 14.4. The lowest BCUT2D eigenvalue weighted by atomic mass is 9.93. The molecule has 10 heteroatoms. The third kappa shape index (κ3) is 7.20. The summed E-state index contributed by atoms with van der Waals surface area (Å²) in [5, 5.41) is 0.600. The number of carbonyl (C=O) groups is 1. The molecule has 5 aromatic rings. The molecule has 1 atom stereocenters. The van der Waals surface area contributed by atoms with E-state index in [0.717, 1.165) is 11.1 Å². The first kappa shape index (κ1) is 34.6. The number of benzene rings is 4. The Labute approximate surface area is 297 Å². The Bertz CT molecular complexity index is 2260. The Kier molecular flexibility index (Phi) is 10.7. The largest absolute Gasteiger partial charge is 0.490 e. The number of hydrogen-bond donors (Lipinski definition) is 0. The lowest BCUT2D eigenvalue weighted by Crippen LogP contribution is -2.40. The zero-order valence-electron chi connectivity index (χ0n) is 27.5. The van der Waals surface area contributed by atoms with Crippen LogP contribution in [-0.2, 0) is 22.6 Å². The van der Waals surface area contributed by atoms with Crippen molar-refractivity contribution in [3.05, 3.63) is 168 Å². The maximum Gasteiger partial charge on any atom is 0.338 e. The molecule has 7 nitrogen and oxygen atoms in total. The molecular formula is C40H34ClFN2O5S. The number of allylic oxidation sites excluding steroid dienone is 1. The number of aromatic nitrogens is 1. The van der Waals surface area contributed by atoms with Crippen LogP contribution in [0.25, 0.3) is 11.8 Å². The highest BCUT2D eigenvalue weighted by atomic mass is 35.5. The van der Waals surface area contributed by atoms with Gasteiger partial charge in [0.2, 0.25) is 0 Å². The number of halogens is 2. The zero-order chi connectivity index (χ0) is 35.2. The van der Waals surface area contributed by atoms with Crippen LogP contribution in [0.4, 0.5) is 4.39 Å². The molecule has 1 aromatic heterocycles. The summed E-state index contributed by atoms with van der Waals surface area (Å²) in [4.78, 5) is 33.3. The normalized spacial score (nSPS) is 14.2. The van der Waals surface area contributed by atoms with Gasteiger partial charge in [0.1, 0.15) is 12.4 Å². The highest BCUT2D eigenvalue weighted by molar-refractivity contribution is 7.07. The summed E-state index contributed by atoms with van der Waals surface area (Å²) in [5.74, 6) is 0.0265. The van der Waals surface area contributed by atoms with E-state index >= 15 is 0 Å². The standard InChI is InChI=1S/C40H34ClFN2O5S/c1-4-12-28-21-25(22-32(47-5-2)37(28)49-24-29-15-10-11-16-31(29)41)23-33-38(45)44-36(27-17-19-30(42)20-18-27)34(39(46)48-6-3)35(43-40(44)50-33)26-13-8-7-9-14-26/h4,7-11,13-23,36H,1,5-6,12,24H2,2-3H3/b33-23+/t36-/m0/s1. The first-order valence-corrected chi connectivity index (χ1v) is 17.3. The van der Waals surface area contributed by atoms with E-state index in [9.17, 15) is 14.0 Å². The minimum absolute atomic E-state index is 0.123. The number of rotatable bonds is 12. The van der Waals surface area contributed by atoms with Crippen LogP contribution >= 0.6 is 22.9 Å². The van der Waals surface area contributed by atoms with Crippen molar-refractivity contribution in [2.75, 3.05) is 13.2 Å². The summed E-state index contributed by atoms with van der Waals surface area (Å²) in [6.07, 6.45) is 4.03. The summed E-state index contributed by atoms with van der Waals surface area (Å²) in [6, 6.07) is 25.3. The van der Waals surface area contributed by atoms with Crippen LogP contribution in [0.15, 0.2) is 119 Å². The molecule has 0 amide bonds. The number of carbonyl (C=O) groups excluding carboxylic acids is 1. The van der Waals surface area contributed by atoms with Gasteiger partial charge in [-0.3, -0.25) is 9.36 Å². The van der Waals surface area contributed by atoms with Crippen LogP contribution in [0.3, 0.4) is 0 Å². The van der Waals surface area contributed by atoms with Crippen LogP contribution in [0.2, 0.25) is 5.02 Å². The van der Waals surface area contributed by atoms with Crippen molar-refractivity contribution in [1.82, 2.24) is 4.57 Å². The monoisotopic (exact) mass is 708 g/mol. The molecular weight excluding hydrogens is 675 g/mol. The van der Waals surface area contributed by atoms with Crippen molar-refractivity contribution in [2.24, 2.45) is 4.99 Å². The number of esters is 1. The maximum atomic E-state index is 14.4. The minimum Gasteiger partial charge on any atom is -0.490 e. The molecule has 1 aliphatic heterocycles. The van der Waals surface area contributed by atoms with Crippen molar-refractivity contribution in [1.29, 1.82) is 0 Å². The summed E-state index contributed by atoms with van der Waals surface area (Å²) in [5.41, 5.74) is 3.79. The summed E-state index contributed by atoms with van der Waals surface area (Å²) < 4.78 is 33.8. The van der Waals surface area contributed by atoms with Crippen molar-refractivity contribution < 1.29 is 23.4 Å². The van der Waals surface area contributed by atoms with Crippen LogP contribution in [0, 0.1) is 5.82 Å². The smallest absolute Gasteiger partial charge is 0.338 e. The summed E-state index contributed by atoms with van der Waals surface area (Å²) in [6.45, 7) is 8.27. The van der Waals surface area contributed by atoms with Crippen LogP contribution in [0.5, 0.6) is 11.5 Å². The van der Waals surface area contributed by atoms with Gasteiger partial charge in [-0.1, -0.05) is 89.7 Å². The number of fused-ring (bicyclic) bond motifs is 1. The van der Waals surface area contributed by atoms with Crippen LogP contribution in [-0.4, -0.2) is 23.8 Å². The Morgan fingerprint density at radius 2 is 1.72 bits per heavy atom. The molecule has 0 bridgehead atoms. The average Bonchev–Trinajstić information content (AvgIpc) is 3.42. The van der Waals surface area contributed by atoms with Crippen LogP contribution in [0.1, 0.15) is 47.7 Å². The van der Waals surface area contributed by atoms with E-state index in [0.29, 0.717) is 61.3 Å². The number of hydrogen-bond acceptors (Lipinski definition) is 7. The molecule has 254 valence electrons. The molecule has 0 spiro atoms. The van der Waals surface area contributed by atoms with Gasteiger partial charge >= 0.3 is 5.97 Å². The highest BCUT2D eigenvalue weighted by Gasteiger charge is 2.35. The van der Waals surface area contributed by atoms with Gasteiger partial charge in [-0.25, -0.2) is 14.2 Å². The van der Waals surface area contributed by atoms with Gasteiger partial charge in [-0.2, -0.15) is 0 Å².